The molecule has 2 atom stereocenters. The highest BCUT2D eigenvalue weighted by atomic mass is 35.5. The highest BCUT2D eigenvalue weighted by Crippen LogP contribution is 2.25. The van der Waals surface area contributed by atoms with Gasteiger partial charge < -0.3 is 5.73 Å². The van der Waals surface area contributed by atoms with E-state index in [0.29, 0.717) is 18.5 Å². The molecule has 0 aliphatic rings. The molecule has 4 heteroatoms. The van der Waals surface area contributed by atoms with E-state index in [1.54, 1.807) is 11.3 Å². The molecule has 2 nitrogen and oxygen atoms in total. The van der Waals surface area contributed by atoms with Crippen LogP contribution in [0, 0.1) is 0 Å². The second-order valence-electron chi connectivity index (χ2n) is 5.56. The van der Waals surface area contributed by atoms with Gasteiger partial charge in [0.1, 0.15) is 0 Å². The maximum Gasteiger partial charge on any atom is 0.0931 e. The molecule has 2 N–H and O–H groups in total. The van der Waals surface area contributed by atoms with E-state index in [1.807, 2.05) is 6.07 Å². The van der Waals surface area contributed by atoms with Crippen molar-refractivity contribution in [3.05, 3.63) is 57.2 Å². The smallest absolute Gasteiger partial charge is 0.0931 e. The molecular weight excluding hydrogens is 300 g/mol. The van der Waals surface area contributed by atoms with Crippen LogP contribution < -0.4 is 5.73 Å². The quantitative estimate of drug-likeness (QED) is 0.821. The summed E-state index contributed by atoms with van der Waals surface area (Å²) < 4.78 is 0.848. The van der Waals surface area contributed by atoms with Crippen LogP contribution in [0.1, 0.15) is 29.7 Å². The van der Waals surface area contributed by atoms with E-state index in [-0.39, 0.29) is 0 Å². The van der Waals surface area contributed by atoms with E-state index in [9.17, 15) is 0 Å². The van der Waals surface area contributed by atoms with Crippen LogP contribution in [0.5, 0.6) is 0 Å². The lowest BCUT2D eigenvalue weighted by Crippen LogP contribution is -2.38. The molecule has 0 spiro atoms. The van der Waals surface area contributed by atoms with Crippen molar-refractivity contribution in [3.8, 4) is 0 Å². The minimum absolute atomic E-state index is 0.376. The summed E-state index contributed by atoms with van der Waals surface area (Å²) in [5, 5.41) is 0. The van der Waals surface area contributed by atoms with Crippen LogP contribution in [-0.4, -0.2) is 24.5 Å². The lowest BCUT2D eigenvalue weighted by Gasteiger charge is -2.29. The number of benzene rings is 1. The minimum Gasteiger partial charge on any atom is -0.329 e. The number of hydrogen-bond donors (Lipinski definition) is 1. The maximum atomic E-state index is 6.00. The standard InChI is InChI=1S/C17H23ClN2S/c1-13(14-6-4-3-5-7-14)10-15(11-19)20(2)12-16-8-9-17(18)21-16/h3-9,13,15H,10-12,19H2,1-2H3. The molecule has 0 radical (unpaired) electrons. The number of nitrogens with zero attached hydrogens (tertiary/aromatic N) is 1. The Labute approximate surface area is 136 Å². The second-order valence-corrected chi connectivity index (χ2v) is 7.36. The van der Waals surface area contributed by atoms with E-state index < -0.39 is 0 Å². The van der Waals surface area contributed by atoms with E-state index in [2.05, 4.69) is 55.3 Å². The van der Waals surface area contributed by atoms with Crippen molar-refractivity contribution in [2.45, 2.75) is 31.8 Å². The molecule has 0 saturated heterocycles. The number of halogens is 1. The van der Waals surface area contributed by atoms with Crippen LogP contribution in [0.15, 0.2) is 42.5 Å². The number of nitrogens with two attached hydrogens (primary N) is 1. The zero-order valence-corrected chi connectivity index (χ0v) is 14.2. The first kappa shape index (κ1) is 16.5. The van der Waals surface area contributed by atoms with Crippen LogP contribution >= 0.6 is 22.9 Å². The van der Waals surface area contributed by atoms with Crippen molar-refractivity contribution in [1.29, 1.82) is 0 Å². The van der Waals surface area contributed by atoms with Crippen molar-refractivity contribution in [2.75, 3.05) is 13.6 Å². The van der Waals surface area contributed by atoms with Crippen molar-refractivity contribution in [2.24, 2.45) is 5.73 Å². The Balaban J connectivity index is 1.95. The van der Waals surface area contributed by atoms with Gasteiger partial charge in [-0.3, -0.25) is 4.90 Å². The Morgan fingerprint density at radius 2 is 1.90 bits per heavy atom. The third-order valence-electron chi connectivity index (χ3n) is 3.92. The average Bonchev–Trinajstić information content (AvgIpc) is 2.90. The van der Waals surface area contributed by atoms with Gasteiger partial charge in [-0.05, 0) is 37.1 Å². The van der Waals surface area contributed by atoms with E-state index >= 15 is 0 Å². The summed E-state index contributed by atoms with van der Waals surface area (Å²) in [6, 6.07) is 15.1. The van der Waals surface area contributed by atoms with Crippen molar-refractivity contribution < 1.29 is 0 Å². The van der Waals surface area contributed by atoms with Gasteiger partial charge in [0.25, 0.3) is 0 Å². The topological polar surface area (TPSA) is 29.3 Å². The molecule has 114 valence electrons. The normalized spacial score (nSPS) is 14.3. The van der Waals surface area contributed by atoms with E-state index in [0.717, 1.165) is 17.3 Å². The molecule has 0 aliphatic heterocycles. The molecule has 2 aromatic rings. The Morgan fingerprint density at radius 3 is 2.48 bits per heavy atom. The molecule has 0 amide bonds. The van der Waals surface area contributed by atoms with Gasteiger partial charge in [0.05, 0.1) is 4.34 Å². The van der Waals surface area contributed by atoms with Gasteiger partial charge >= 0.3 is 0 Å². The van der Waals surface area contributed by atoms with E-state index in [1.165, 1.54) is 10.4 Å². The van der Waals surface area contributed by atoms with Gasteiger partial charge in [-0.1, -0.05) is 48.9 Å². The van der Waals surface area contributed by atoms with Crippen LogP contribution in [0.2, 0.25) is 4.34 Å². The molecule has 0 fully saturated rings. The van der Waals surface area contributed by atoms with Crippen LogP contribution in [0.25, 0.3) is 0 Å². The first-order valence-corrected chi connectivity index (χ1v) is 8.49. The van der Waals surface area contributed by atoms with Gasteiger partial charge in [-0.2, -0.15) is 0 Å². The summed E-state index contributed by atoms with van der Waals surface area (Å²) >= 11 is 7.64. The Kier molecular flexibility index (Phi) is 6.24. The van der Waals surface area contributed by atoms with Crippen molar-refractivity contribution >= 4 is 22.9 Å². The van der Waals surface area contributed by atoms with Gasteiger partial charge in [0.15, 0.2) is 0 Å². The highest BCUT2D eigenvalue weighted by molar-refractivity contribution is 7.16. The van der Waals surface area contributed by atoms with Gasteiger partial charge in [-0.25, -0.2) is 0 Å². The molecule has 21 heavy (non-hydrogen) atoms. The highest BCUT2D eigenvalue weighted by Gasteiger charge is 2.18. The molecule has 0 bridgehead atoms. The first-order valence-electron chi connectivity index (χ1n) is 7.29. The average molecular weight is 323 g/mol. The predicted molar refractivity (Wildman–Crippen MR) is 93.1 cm³/mol. The SMILES string of the molecule is CC(CC(CN)N(C)Cc1ccc(Cl)s1)c1ccccc1. The van der Waals surface area contributed by atoms with Crippen molar-refractivity contribution in [3.63, 3.8) is 0 Å². The summed E-state index contributed by atoms with van der Waals surface area (Å²) in [7, 11) is 2.14. The fraction of sp³-hybridized carbons (Fsp3) is 0.412. The summed E-state index contributed by atoms with van der Waals surface area (Å²) in [6.45, 7) is 3.85. The lowest BCUT2D eigenvalue weighted by atomic mass is 9.93. The molecule has 1 heterocycles. The fourth-order valence-electron chi connectivity index (χ4n) is 2.59. The zero-order valence-electron chi connectivity index (χ0n) is 12.6. The third-order valence-corrected chi connectivity index (χ3v) is 5.14. The number of likely N-dealkylation sites (N-methyl/N-ethyl adjacent to an activating group) is 1. The maximum absolute atomic E-state index is 6.00. The predicted octanol–water partition coefficient (Wildman–Crippen LogP) is 4.35. The van der Waals surface area contributed by atoms with Crippen LogP contribution in [0.4, 0.5) is 0 Å². The summed E-state index contributed by atoms with van der Waals surface area (Å²) in [4.78, 5) is 3.62. The van der Waals surface area contributed by atoms with E-state index in [4.69, 9.17) is 17.3 Å². The Bertz CT molecular complexity index is 541. The van der Waals surface area contributed by atoms with Gasteiger partial charge in [-0.15, -0.1) is 11.3 Å². The zero-order chi connectivity index (χ0) is 15.2. The first-order chi connectivity index (χ1) is 10.1. The molecular formula is C17H23ClN2S. The van der Waals surface area contributed by atoms with Crippen LogP contribution in [-0.2, 0) is 6.54 Å². The lowest BCUT2D eigenvalue weighted by molar-refractivity contribution is 0.221. The fourth-order valence-corrected chi connectivity index (χ4v) is 3.74. The Hall–Kier alpha value is -0.870. The number of thiophene rings is 1. The summed E-state index contributed by atoms with van der Waals surface area (Å²) in [6.07, 6.45) is 1.07. The summed E-state index contributed by atoms with van der Waals surface area (Å²) in [5.41, 5.74) is 7.37. The monoisotopic (exact) mass is 322 g/mol. The molecule has 1 aromatic carbocycles. The minimum atomic E-state index is 0.376. The van der Waals surface area contributed by atoms with Gasteiger partial charge in [0, 0.05) is 24.0 Å². The summed E-state index contributed by atoms with van der Waals surface area (Å²) in [5.74, 6) is 0.508. The van der Waals surface area contributed by atoms with Crippen molar-refractivity contribution in [1.82, 2.24) is 4.90 Å². The second kappa shape index (κ2) is 7.95. The molecule has 0 aliphatic carbocycles. The number of hydrogen-bond acceptors (Lipinski definition) is 3. The molecule has 1 aromatic heterocycles. The Morgan fingerprint density at radius 1 is 1.19 bits per heavy atom. The third kappa shape index (κ3) is 4.82. The molecule has 0 saturated carbocycles. The molecule has 2 unspecified atom stereocenters. The van der Waals surface area contributed by atoms with Gasteiger partial charge in [0.2, 0.25) is 0 Å². The largest absolute Gasteiger partial charge is 0.329 e. The molecule has 2 rings (SSSR count). The number of rotatable bonds is 7. The van der Waals surface area contributed by atoms with Crippen LogP contribution in [0.3, 0.4) is 0 Å².